The Morgan fingerprint density at radius 3 is 2.22 bits per heavy atom. The predicted molar refractivity (Wildman–Crippen MR) is 109 cm³/mol. The van der Waals surface area contributed by atoms with E-state index in [9.17, 15) is 9.59 Å². The summed E-state index contributed by atoms with van der Waals surface area (Å²) in [6.07, 6.45) is 1.39. The first-order chi connectivity index (χ1) is 13.0. The summed E-state index contributed by atoms with van der Waals surface area (Å²) in [5, 5.41) is 3.00. The van der Waals surface area contributed by atoms with E-state index in [0.717, 1.165) is 22.5 Å². The molecule has 3 rings (SSSR count). The van der Waals surface area contributed by atoms with Crippen molar-refractivity contribution in [2.75, 3.05) is 37.4 Å². The maximum absolute atomic E-state index is 12.7. The zero-order valence-corrected chi connectivity index (χ0v) is 16.2. The van der Waals surface area contributed by atoms with Crippen molar-refractivity contribution in [3.63, 3.8) is 0 Å². The second-order valence-electron chi connectivity index (χ2n) is 7.31. The molecule has 0 unspecified atom stereocenters. The number of rotatable bonds is 4. The number of nitrogens with zero attached hydrogens (tertiary/aromatic N) is 2. The van der Waals surface area contributed by atoms with Gasteiger partial charge in [-0.25, -0.2) is 0 Å². The van der Waals surface area contributed by atoms with Crippen LogP contribution in [0.3, 0.4) is 0 Å². The summed E-state index contributed by atoms with van der Waals surface area (Å²) in [7, 11) is 3.97. The molecular formula is C22H27N3O2. The van der Waals surface area contributed by atoms with Crippen LogP contribution in [0, 0.1) is 12.8 Å². The molecular weight excluding hydrogens is 338 g/mol. The number of carbonyl (C=O) groups is 2. The van der Waals surface area contributed by atoms with Gasteiger partial charge in [0.15, 0.2) is 0 Å². The Labute approximate surface area is 161 Å². The van der Waals surface area contributed by atoms with E-state index in [2.05, 4.69) is 5.32 Å². The molecule has 1 aliphatic heterocycles. The summed E-state index contributed by atoms with van der Waals surface area (Å²) in [5.41, 5.74) is 3.64. The molecule has 0 atom stereocenters. The number of hydrogen-bond acceptors (Lipinski definition) is 3. The summed E-state index contributed by atoms with van der Waals surface area (Å²) in [5.74, 6) is 0.0428. The average Bonchev–Trinajstić information content (AvgIpc) is 2.68. The molecule has 2 amide bonds. The molecule has 5 heteroatoms. The van der Waals surface area contributed by atoms with E-state index in [0.29, 0.717) is 25.9 Å². The number of carbonyl (C=O) groups excluding carboxylic acids is 2. The van der Waals surface area contributed by atoms with Gasteiger partial charge in [0, 0.05) is 50.0 Å². The summed E-state index contributed by atoms with van der Waals surface area (Å²) < 4.78 is 0. The zero-order valence-electron chi connectivity index (χ0n) is 16.2. The average molecular weight is 365 g/mol. The Bertz CT molecular complexity index is 807. The van der Waals surface area contributed by atoms with Crippen LogP contribution in [-0.2, 0) is 4.79 Å². The van der Waals surface area contributed by atoms with Gasteiger partial charge in [-0.15, -0.1) is 0 Å². The van der Waals surface area contributed by atoms with Crippen molar-refractivity contribution in [3.05, 3.63) is 59.7 Å². The van der Waals surface area contributed by atoms with Crippen LogP contribution in [0.1, 0.15) is 28.8 Å². The Balaban J connectivity index is 1.55. The normalized spacial score (nSPS) is 14.7. The number of likely N-dealkylation sites (tertiary alicyclic amines) is 1. The van der Waals surface area contributed by atoms with Crippen LogP contribution in [0.5, 0.6) is 0 Å². The summed E-state index contributed by atoms with van der Waals surface area (Å²) >= 11 is 0. The van der Waals surface area contributed by atoms with Crippen molar-refractivity contribution >= 4 is 23.2 Å². The third-order valence-electron chi connectivity index (χ3n) is 5.18. The van der Waals surface area contributed by atoms with Gasteiger partial charge in [-0.1, -0.05) is 18.2 Å². The van der Waals surface area contributed by atoms with Crippen molar-refractivity contribution in [1.29, 1.82) is 0 Å². The van der Waals surface area contributed by atoms with Gasteiger partial charge < -0.3 is 15.1 Å². The van der Waals surface area contributed by atoms with Crippen LogP contribution < -0.4 is 10.2 Å². The third kappa shape index (κ3) is 4.48. The molecule has 142 valence electrons. The van der Waals surface area contributed by atoms with Gasteiger partial charge in [0.2, 0.25) is 5.91 Å². The second-order valence-corrected chi connectivity index (χ2v) is 7.31. The largest absolute Gasteiger partial charge is 0.378 e. The number of nitrogens with one attached hydrogen (secondary N) is 1. The fourth-order valence-corrected chi connectivity index (χ4v) is 3.42. The van der Waals surface area contributed by atoms with E-state index in [-0.39, 0.29) is 17.7 Å². The minimum atomic E-state index is -0.0561. The molecule has 2 aromatic rings. The number of piperidine rings is 1. The molecule has 0 saturated carbocycles. The fraction of sp³-hybridized carbons (Fsp3) is 0.364. The Morgan fingerprint density at radius 2 is 1.63 bits per heavy atom. The van der Waals surface area contributed by atoms with Crippen LogP contribution in [-0.4, -0.2) is 43.9 Å². The van der Waals surface area contributed by atoms with Crippen LogP contribution in [0.2, 0.25) is 0 Å². The SMILES string of the molecule is Cc1ccccc1C(=O)N1CCC(C(=O)Nc2ccc(N(C)C)cc2)CC1. The predicted octanol–water partition coefficient (Wildman–Crippen LogP) is 3.55. The number of aryl methyl sites for hydroxylation is 1. The third-order valence-corrected chi connectivity index (χ3v) is 5.18. The lowest BCUT2D eigenvalue weighted by atomic mass is 9.95. The smallest absolute Gasteiger partial charge is 0.254 e. The van der Waals surface area contributed by atoms with Crippen molar-refractivity contribution in [2.45, 2.75) is 19.8 Å². The first kappa shape index (κ1) is 19.0. The fourth-order valence-electron chi connectivity index (χ4n) is 3.42. The quantitative estimate of drug-likeness (QED) is 0.901. The molecule has 0 bridgehead atoms. The van der Waals surface area contributed by atoms with Crippen molar-refractivity contribution in [3.8, 4) is 0 Å². The lowest BCUT2D eigenvalue weighted by molar-refractivity contribution is -0.121. The van der Waals surface area contributed by atoms with Crippen molar-refractivity contribution in [2.24, 2.45) is 5.92 Å². The van der Waals surface area contributed by atoms with E-state index in [1.54, 1.807) is 0 Å². The number of hydrogen-bond donors (Lipinski definition) is 1. The zero-order chi connectivity index (χ0) is 19.4. The highest BCUT2D eigenvalue weighted by atomic mass is 16.2. The molecule has 0 spiro atoms. The van der Waals surface area contributed by atoms with Crippen molar-refractivity contribution < 1.29 is 9.59 Å². The number of benzene rings is 2. The molecule has 1 saturated heterocycles. The number of anilines is 2. The van der Waals surface area contributed by atoms with E-state index >= 15 is 0 Å². The second kappa shape index (κ2) is 8.25. The van der Waals surface area contributed by atoms with E-state index < -0.39 is 0 Å². The first-order valence-electron chi connectivity index (χ1n) is 9.39. The van der Waals surface area contributed by atoms with Gasteiger partial charge in [0.25, 0.3) is 5.91 Å². The molecule has 1 aliphatic rings. The van der Waals surface area contributed by atoms with Crippen LogP contribution in [0.25, 0.3) is 0 Å². The molecule has 2 aromatic carbocycles. The van der Waals surface area contributed by atoms with Crippen LogP contribution >= 0.6 is 0 Å². The highest BCUT2D eigenvalue weighted by molar-refractivity contribution is 5.96. The van der Waals surface area contributed by atoms with Crippen LogP contribution in [0.4, 0.5) is 11.4 Å². The van der Waals surface area contributed by atoms with E-state index in [4.69, 9.17) is 0 Å². The summed E-state index contributed by atoms with van der Waals surface area (Å²) in [6.45, 7) is 3.19. The lowest BCUT2D eigenvalue weighted by Gasteiger charge is -2.31. The lowest BCUT2D eigenvalue weighted by Crippen LogP contribution is -2.41. The Kier molecular flexibility index (Phi) is 5.79. The monoisotopic (exact) mass is 365 g/mol. The van der Waals surface area contributed by atoms with Gasteiger partial charge in [-0.05, 0) is 55.7 Å². The van der Waals surface area contributed by atoms with Crippen molar-refractivity contribution in [1.82, 2.24) is 4.90 Å². The highest BCUT2D eigenvalue weighted by Crippen LogP contribution is 2.23. The minimum Gasteiger partial charge on any atom is -0.378 e. The highest BCUT2D eigenvalue weighted by Gasteiger charge is 2.28. The Morgan fingerprint density at radius 1 is 1.00 bits per heavy atom. The van der Waals surface area contributed by atoms with Gasteiger partial charge >= 0.3 is 0 Å². The Hall–Kier alpha value is -2.82. The molecule has 0 aromatic heterocycles. The standard InChI is InChI=1S/C22H27N3O2/c1-16-6-4-5-7-20(16)22(27)25-14-12-17(13-15-25)21(26)23-18-8-10-19(11-9-18)24(2)3/h4-11,17H,12-15H2,1-3H3,(H,23,26). The maximum atomic E-state index is 12.7. The molecule has 0 aliphatic carbocycles. The molecule has 1 heterocycles. The molecule has 5 nitrogen and oxygen atoms in total. The molecule has 1 fully saturated rings. The van der Waals surface area contributed by atoms with Crippen LogP contribution in [0.15, 0.2) is 48.5 Å². The van der Waals surface area contributed by atoms with Gasteiger partial charge in [-0.2, -0.15) is 0 Å². The van der Waals surface area contributed by atoms with E-state index in [1.165, 1.54) is 0 Å². The van der Waals surface area contributed by atoms with E-state index in [1.807, 2.05) is 79.3 Å². The maximum Gasteiger partial charge on any atom is 0.254 e. The number of amides is 2. The first-order valence-corrected chi connectivity index (χ1v) is 9.39. The summed E-state index contributed by atoms with van der Waals surface area (Å²) in [6, 6.07) is 15.5. The molecule has 0 radical (unpaired) electrons. The molecule has 1 N–H and O–H groups in total. The van der Waals surface area contributed by atoms with Gasteiger partial charge in [0.05, 0.1) is 0 Å². The molecule has 27 heavy (non-hydrogen) atoms. The van der Waals surface area contributed by atoms with Gasteiger partial charge in [-0.3, -0.25) is 9.59 Å². The minimum absolute atomic E-state index is 0.0376. The summed E-state index contributed by atoms with van der Waals surface area (Å²) in [4.78, 5) is 29.1. The van der Waals surface area contributed by atoms with Gasteiger partial charge in [0.1, 0.15) is 0 Å². The topological polar surface area (TPSA) is 52.7 Å².